The van der Waals surface area contributed by atoms with E-state index in [2.05, 4.69) is 4.74 Å². The minimum Gasteiger partial charge on any atom is -0.278 e. The molecule has 1 nitrogen and oxygen atoms in total. The maximum absolute atomic E-state index is 12.4. The molecule has 1 aliphatic heterocycles. The summed E-state index contributed by atoms with van der Waals surface area (Å²) in [7, 11) is 0. The summed E-state index contributed by atoms with van der Waals surface area (Å²) in [5.41, 5.74) is 0. The van der Waals surface area contributed by atoms with Crippen LogP contribution in [0.15, 0.2) is 0 Å². The summed E-state index contributed by atoms with van der Waals surface area (Å²) in [6, 6.07) is 0. The molecule has 1 saturated heterocycles. The van der Waals surface area contributed by atoms with Crippen LogP contribution in [0.25, 0.3) is 0 Å². The Bertz CT molecular complexity index is 219. The van der Waals surface area contributed by atoms with E-state index in [1.807, 2.05) is 0 Å². The van der Waals surface area contributed by atoms with Crippen LogP contribution >= 0.6 is 0 Å². The lowest BCUT2D eigenvalue weighted by molar-refractivity contribution is -0.333. The molecule has 0 spiro atoms. The van der Waals surface area contributed by atoms with Crippen LogP contribution in [0.4, 0.5) is 35.1 Å². The number of hydrogen-bond donors (Lipinski definition) is 0. The first kappa shape index (κ1) is 15.4. The molecule has 0 aliphatic carbocycles. The van der Waals surface area contributed by atoms with Crippen LogP contribution in [0.3, 0.4) is 0 Å². The van der Waals surface area contributed by atoms with Crippen molar-refractivity contribution in [2.45, 2.75) is 44.3 Å². The molecule has 1 unspecified atom stereocenters. The van der Waals surface area contributed by atoms with Crippen molar-refractivity contribution in [1.29, 1.82) is 0 Å². The minimum atomic E-state index is -4.68. The van der Waals surface area contributed by atoms with E-state index in [1.165, 1.54) is 0 Å². The van der Waals surface area contributed by atoms with E-state index in [4.69, 9.17) is 0 Å². The molecule has 0 aromatic carbocycles. The van der Waals surface area contributed by atoms with Crippen LogP contribution in [-0.2, 0) is 4.74 Å². The summed E-state index contributed by atoms with van der Waals surface area (Å²) in [5, 5.41) is 0. The van der Waals surface area contributed by atoms with E-state index in [1.54, 1.807) is 0 Å². The Hall–Kier alpha value is -0.600. The van der Waals surface area contributed by atoms with Crippen LogP contribution in [0.5, 0.6) is 0 Å². The third-order valence-corrected chi connectivity index (χ3v) is 1.30. The zero-order valence-electron chi connectivity index (χ0n) is 8.14. The summed E-state index contributed by atoms with van der Waals surface area (Å²) in [5.74, 6) is -7.34. The van der Waals surface area contributed by atoms with E-state index in [0.29, 0.717) is 6.92 Å². The Morgan fingerprint density at radius 1 is 1.00 bits per heavy atom. The van der Waals surface area contributed by atoms with E-state index in [-0.39, 0.29) is 6.92 Å². The van der Waals surface area contributed by atoms with Crippen molar-refractivity contribution in [3.05, 3.63) is 0 Å². The number of rotatable bonds is 0. The monoisotopic (exact) mass is 260 g/mol. The maximum Gasteiger partial charge on any atom is 0.422 e. The first-order valence-corrected chi connectivity index (χ1v) is 3.88. The maximum atomic E-state index is 12.4. The first-order chi connectivity index (χ1) is 6.66. The lowest BCUT2D eigenvalue weighted by Gasteiger charge is -2.15. The fourth-order valence-corrected chi connectivity index (χ4v) is 0.877. The van der Waals surface area contributed by atoms with Crippen molar-refractivity contribution < 1.29 is 39.9 Å². The van der Waals surface area contributed by atoms with Gasteiger partial charge in [-0.2, -0.15) is 30.7 Å². The zero-order chi connectivity index (χ0) is 13.4. The molecule has 1 heterocycles. The Morgan fingerprint density at radius 3 is 1.38 bits per heavy atom. The van der Waals surface area contributed by atoms with Gasteiger partial charge in [-0.3, -0.25) is 4.74 Å². The topological polar surface area (TPSA) is 9.23 Å². The minimum absolute atomic E-state index is 0.188. The molecule has 1 rings (SSSR count). The van der Waals surface area contributed by atoms with E-state index < -0.39 is 30.5 Å². The van der Waals surface area contributed by atoms with Gasteiger partial charge in [0.2, 0.25) is 5.85 Å². The predicted octanol–water partition coefficient (Wildman–Crippen LogP) is 3.89. The van der Waals surface area contributed by atoms with Crippen molar-refractivity contribution in [2.75, 3.05) is 0 Å². The highest BCUT2D eigenvalue weighted by Gasteiger charge is 2.69. The molecule has 9 heteroatoms. The highest BCUT2D eigenvalue weighted by atomic mass is 19.4. The first-order valence-electron chi connectivity index (χ1n) is 3.88. The van der Waals surface area contributed by atoms with Gasteiger partial charge < -0.3 is 0 Å². The molecule has 0 amide bonds. The van der Waals surface area contributed by atoms with Crippen LogP contribution in [-0.4, -0.2) is 24.1 Å². The van der Waals surface area contributed by atoms with Gasteiger partial charge in [0.05, 0.1) is 6.42 Å². The van der Waals surface area contributed by atoms with Gasteiger partial charge in [-0.1, -0.05) is 0 Å². The molecule has 0 bridgehead atoms. The quantitative estimate of drug-likeness (QED) is 0.600. The fraction of sp³-hybridized carbons (Fsp3) is 1.00. The Kier molecular flexibility index (Phi) is 3.86. The molecular formula is C7H8F8O. The molecule has 1 fully saturated rings. The summed E-state index contributed by atoms with van der Waals surface area (Å²) in [4.78, 5) is 0. The number of hydrogen-bond acceptors (Lipinski definition) is 1. The lowest BCUT2D eigenvalue weighted by atomic mass is 10.2. The van der Waals surface area contributed by atoms with Crippen molar-refractivity contribution in [3.8, 4) is 0 Å². The standard InChI is InChI=1S/C5H5F5O.C2H3F3/c1-3(6)2-4(7,8)5(9,10)11-3;1-2(3,4)5/h2H2,1H3;1H3. The average molecular weight is 260 g/mol. The van der Waals surface area contributed by atoms with Crippen molar-refractivity contribution in [2.24, 2.45) is 0 Å². The van der Waals surface area contributed by atoms with Crippen LogP contribution < -0.4 is 0 Å². The summed E-state index contributed by atoms with van der Waals surface area (Å²) >= 11 is 0. The molecule has 1 atom stereocenters. The van der Waals surface area contributed by atoms with Crippen molar-refractivity contribution >= 4 is 0 Å². The highest BCUT2D eigenvalue weighted by molar-refractivity contribution is 4.90. The summed E-state index contributed by atoms with van der Waals surface area (Å²) < 4.78 is 94.9. The third-order valence-electron chi connectivity index (χ3n) is 1.30. The fourth-order valence-electron chi connectivity index (χ4n) is 0.877. The number of halogens is 8. The second-order valence-corrected chi connectivity index (χ2v) is 3.38. The van der Waals surface area contributed by atoms with Gasteiger partial charge in [0.15, 0.2) is 0 Å². The van der Waals surface area contributed by atoms with Gasteiger partial charge in [-0.05, 0) is 6.92 Å². The molecule has 98 valence electrons. The Balaban J connectivity index is 0.000000385. The normalized spacial score (nSPS) is 31.9. The van der Waals surface area contributed by atoms with Gasteiger partial charge in [0.1, 0.15) is 0 Å². The van der Waals surface area contributed by atoms with Crippen LogP contribution in [0, 0.1) is 0 Å². The number of ether oxygens (including phenoxy) is 1. The molecule has 0 saturated carbocycles. The predicted molar refractivity (Wildman–Crippen MR) is 36.8 cm³/mol. The lowest BCUT2D eigenvalue weighted by Crippen LogP contribution is -2.35. The second-order valence-electron chi connectivity index (χ2n) is 3.38. The van der Waals surface area contributed by atoms with Crippen molar-refractivity contribution in [1.82, 2.24) is 0 Å². The molecule has 0 aromatic rings. The molecular weight excluding hydrogens is 252 g/mol. The summed E-state index contributed by atoms with van der Waals surface area (Å²) in [6.07, 6.45) is -10.3. The smallest absolute Gasteiger partial charge is 0.278 e. The van der Waals surface area contributed by atoms with Gasteiger partial charge in [-0.15, -0.1) is 0 Å². The zero-order valence-corrected chi connectivity index (χ0v) is 8.14. The van der Waals surface area contributed by atoms with Gasteiger partial charge >= 0.3 is 18.2 Å². The van der Waals surface area contributed by atoms with Gasteiger partial charge in [0, 0.05) is 6.92 Å². The molecule has 1 aliphatic rings. The van der Waals surface area contributed by atoms with Crippen molar-refractivity contribution in [3.63, 3.8) is 0 Å². The van der Waals surface area contributed by atoms with Crippen LogP contribution in [0.1, 0.15) is 20.3 Å². The van der Waals surface area contributed by atoms with E-state index >= 15 is 0 Å². The van der Waals surface area contributed by atoms with E-state index in [9.17, 15) is 35.1 Å². The molecule has 0 aromatic heterocycles. The SMILES string of the molecule is CC(F)(F)F.CC1(F)CC(F)(F)C(F)(F)O1. The number of alkyl halides is 8. The Labute approximate surface area is 85.4 Å². The molecule has 16 heavy (non-hydrogen) atoms. The third kappa shape index (κ3) is 4.95. The highest BCUT2D eigenvalue weighted by Crippen LogP contribution is 2.51. The second kappa shape index (κ2) is 4.01. The molecule has 0 N–H and O–H groups in total. The van der Waals surface area contributed by atoms with Gasteiger partial charge in [0.25, 0.3) is 0 Å². The van der Waals surface area contributed by atoms with Crippen LogP contribution in [0.2, 0.25) is 0 Å². The Morgan fingerprint density at radius 2 is 1.31 bits per heavy atom. The average Bonchev–Trinajstić information content (AvgIpc) is 1.86. The largest absolute Gasteiger partial charge is 0.422 e. The molecule has 0 radical (unpaired) electrons. The van der Waals surface area contributed by atoms with Gasteiger partial charge in [-0.25, -0.2) is 4.39 Å². The summed E-state index contributed by atoms with van der Waals surface area (Å²) in [6.45, 7) is 0.731. The van der Waals surface area contributed by atoms with E-state index in [0.717, 1.165) is 0 Å².